The predicted octanol–water partition coefficient (Wildman–Crippen LogP) is -0.514. The van der Waals surface area contributed by atoms with Crippen molar-refractivity contribution in [2.45, 2.75) is 49.7 Å². The molecule has 34 heavy (non-hydrogen) atoms. The molecule has 0 spiro atoms. The molecule has 2 aliphatic rings. The molecule has 186 valence electrons. The summed E-state index contributed by atoms with van der Waals surface area (Å²) in [5, 5.41) is 8.11. The summed E-state index contributed by atoms with van der Waals surface area (Å²) in [6, 6.07) is 5.24. The Labute approximate surface area is 199 Å². The van der Waals surface area contributed by atoms with E-state index in [2.05, 4.69) is 16.0 Å². The molecule has 1 aromatic rings. The van der Waals surface area contributed by atoms with Gasteiger partial charge in [-0.3, -0.25) is 14.4 Å². The molecule has 0 saturated carbocycles. The molecule has 2 heterocycles. The van der Waals surface area contributed by atoms with Crippen LogP contribution in [-0.4, -0.2) is 92.0 Å². The lowest BCUT2D eigenvalue weighted by atomic mass is 10.1. The van der Waals surface area contributed by atoms with Gasteiger partial charge in [0, 0.05) is 25.7 Å². The molecular formula is C22H31N5O6S. The number of rotatable bonds is 6. The van der Waals surface area contributed by atoms with Crippen molar-refractivity contribution < 1.29 is 27.6 Å². The molecule has 12 heteroatoms. The maximum Gasteiger partial charge on any atom is 0.318 e. The number of piperazine rings is 1. The number of hydrogen-bond acceptors (Lipinski definition) is 6. The standard InChI is InChI=1S/C22H31N5O6S/c1-15(2)24-22(31)27-12-11-26(19(28)14-34(32,33)16-7-4-3-5-8-16)13-18(27)21(30)25-17-9-6-10-23-20(17)29/h3-5,7-8,15,17-18H,6,9-14H2,1-2H3,(H,23,29)(H,24,31)(H,25,30)/t17-,18+/m1/s1. The highest BCUT2D eigenvalue weighted by atomic mass is 32.2. The molecule has 0 aromatic heterocycles. The van der Waals surface area contributed by atoms with Crippen LogP contribution in [0.25, 0.3) is 0 Å². The number of carbonyl (C=O) groups is 4. The Kier molecular flexibility index (Phi) is 8.13. The number of urea groups is 1. The van der Waals surface area contributed by atoms with Gasteiger partial charge in [0.15, 0.2) is 9.84 Å². The molecule has 11 nitrogen and oxygen atoms in total. The third-order valence-corrected chi connectivity index (χ3v) is 7.34. The van der Waals surface area contributed by atoms with Gasteiger partial charge in [0.05, 0.1) is 11.4 Å². The van der Waals surface area contributed by atoms with Crippen LogP contribution < -0.4 is 16.0 Å². The molecule has 2 atom stereocenters. The van der Waals surface area contributed by atoms with Crippen LogP contribution in [0.15, 0.2) is 35.2 Å². The van der Waals surface area contributed by atoms with Crippen LogP contribution in [0, 0.1) is 0 Å². The van der Waals surface area contributed by atoms with Crippen molar-refractivity contribution >= 4 is 33.6 Å². The minimum atomic E-state index is -3.86. The van der Waals surface area contributed by atoms with Gasteiger partial charge in [-0.1, -0.05) is 18.2 Å². The molecule has 0 bridgehead atoms. The monoisotopic (exact) mass is 493 g/mol. The van der Waals surface area contributed by atoms with Crippen molar-refractivity contribution in [3.63, 3.8) is 0 Å². The van der Waals surface area contributed by atoms with E-state index < -0.39 is 45.5 Å². The van der Waals surface area contributed by atoms with Gasteiger partial charge in [0.2, 0.25) is 17.7 Å². The summed E-state index contributed by atoms with van der Waals surface area (Å²) in [7, 11) is -3.86. The lowest BCUT2D eigenvalue weighted by Gasteiger charge is -2.41. The zero-order chi connectivity index (χ0) is 24.9. The first kappa shape index (κ1) is 25.5. The lowest BCUT2D eigenvalue weighted by molar-refractivity contribution is -0.137. The number of amides is 5. The molecule has 2 aliphatic heterocycles. The molecule has 1 aromatic carbocycles. The summed E-state index contributed by atoms with van der Waals surface area (Å²) >= 11 is 0. The van der Waals surface area contributed by atoms with Gasteiger partial charge in [-0.2, -0.15) is 0 Å². The van der Waals surface area contributed by atoms with E-state index in [0.29, 0.717) is 19.4 Å². The largest absolute Gasteiger partial charge is 0.354 e. The number of sulfone groups is 1. The second-order valence-electron chi connectivity index (χ2n) is 8.72. The second kappa shape index (κ2) is 10.9. The normalized spacial score (nSPS) is 21.1. The Hall–Kier alpha value is -3.15. The maximum atomic E-state index is 13.1. The van der Waals surface area contributed by atoms with Gasteiger partial charge in [0.1, 0.15) is 17.8 Å². The Morgan fingerprint density at radius 1 is 1.15 bits per heavy atom. The van der Waals surface area contributed by atoms with Gasteiger partial charge >= 0.3 is 6.03 Å². The van der Waals surface area contributed by atoms with Crippen LogP contribution in [0.5, 0.6) is 0 Å². The van der Waals surface area contributed by atoms with Crippen molar-refractivity contribution in [1.82, 2.24) is 25.8 Å². The highest BCUT2D eigenvalue weighted by molar-refractivity contribution is 7.92. The van der Waals surface area contributed by atoms with E-state index in [4.69, 9.17) is 0 Å². The number of hydrogen-bond donors (Lipinski definition) is 3. The first-order valence-corrected chi connectivity index (χ1v) is 12.9. The fourth-order valence-electron chi connectivity index (χ4n) is 3.95. The molecule has 3 N–H and O–H groups in total. The van der Waals surface area contributed by atoms with Crippen LogP contribution >= 0.6 is 0 Å². The molecule has 2 fully saturated rings. The summed E-state index contributed by atoms with van der Waals surface area (Å²) in [4.78, 5) is 53.5. The number of nitrogens with one attached hydrogen (secondary N) is 3. The average Bonchev–Trinajstić information content (AvgIpc) is 2.80. The number of piperidine rings is 1. The zero-order valence-corrected chi connectivity index (χ0v) is 20.1. The number of carbonyl (C=O) groups excluding carboxylic acids is 4. The Morgan fingerprint density at radius 3 is 2.50 bits per heavy atom. The van der Waals surface area contributed by atoms with Gasteiger partial charge in [0.25, 0.3) is 0 Å². The summed E-state index contributed by atoms with van der Waals surface area (Å²) in [6.45, 7) is 4.07. The smallest absolute Gasteiger partial charge is 0.318 e. The average molecular weight is 494 g/mol. The SMILES string of the molecule is CC(C)NC(=O)N1CCN(C(=O)CS(=O)(=O)c2ccccc2)C[C@H]1C(=O)N[C@@H]1CCCNC1=O. The van der Waals surface area contributed by atoms with E-state index in [1.165, 1.54) is 21.9 Å². The van der Waals surface area contributed by atoms with Gasteiger partial charge in [-0.25, -0.2) is 13.2 Å². The topological polar surface area (TPSA) is 145 Å². The minimum absolute atomic E-state index is 0.0379. The Bertz CT molecular complexity index is 1030. The molecule has 0 aliphatic carbocycles. The molecule has 2 saturated heterocycles. The van der Waals surface area contributed by atoms with Crippen molar-refractivity contribution in [2.24, 2.45) is 0 Å². The van der Waals surface area contributed by atoms with Crippen LogP contribution in [0.1, 0.15) is 26.7 Å². The van der Waals surface area contributed by atoms with Crippen molar-refractivity contribution in [2.75, 3.05) is 31.9 Å². The van der Waals surface area contributed by atoms with Crippen molar-refractivity contribution in [3.05, 3.63) is 30.3 Å². The van der Waals surface area contributed by atoms with Crippen LogP contribution in [0.2, 0.25) is 0 Å². The van der Waals surface area contributed by atoms with Crippen LogP contribution in [0.4, 0.5) is 4.79 Å². The summed E-state index contributed by atoms with van der Waals surface area (Å²) in [6.07, 6.45) is 1.18. The maximum absolute atomic E-state index is 13.1. The minimum Gasteiger partial charge on any atom is -0.354 e. The van der Waals surface area contributed by atoms with Crippen LogP contribution in [-0.2, 0) is 24.2 Å². The van der Waals surface area contributed by atoms with Crippen LogP contribution in [0.3, 0.4) is 0 Å². The lowest BCUT2D eigenvalue weighted by Crippen LogP contribution is -2.65. The fourth-order valence-corrected chi connectivity index (χ4v) is 5.20. The van der Waals surface area contributed by atoms with Crippen molar-refractivity contribution in [1.29, 1.82) is 0 Å². The van der Waals surface area contributed by atoms with Crippen molar-refractivity contribution in [3.8, 4) is 0 Å². The summed E-state index contributed by atoms with van der Waals surface area (Å²) in [5.41, 5.74) is 0. The number of benzene rings is 1. The molecule has 0 unspecified atom stereocenters. The zero-order valence-electron chi connectivity index (χ0n) is 19.3. The predicted molar refractivity (Wildman–Crippen MR) is 123 cm³/mol. The molecule has 3 rings (SSSR count). The first-order valence-electron chi connectivity index (χ1n) is 11.3. The summed E-state index contributed by atoms with van der Waals surface area (Å²) in [5.74, 6) is -2.25. The molecule has 5 amide bonds. The summed E-state index contributed by atoms with van der Waals surface area (Å²) < 4.78 is 25.3. The highest BCUT2D eigenvalue weighted by Crippen LogP contribution is 2.16. The van der Waals surface area contributed by atoms with E-state index in [1.807, 2.05) is 0 Å². The first-order chi connectivity index (χ1) is 16.1. The van der Waals surface area contributed by atoms with E-state index in [0.717, 1.165) is 0 Å². The second-order valence-corrected chi connectivity index (χ2v) is 10.7. The highest BCUT2D eigenvalue weighted by Gasteiger charge is 2.39. The van der Waals surface area contributed by atoms with Gasteiger partial charge < -0.3 is 25.8 Å². The quantitative estimate of drug-likeness (QED) is 0.487. The Morgan fingerprint density at radius 2 is 1.85 bits per heavy atom. The van der Waals surface area contributed by atoms with Gasteiger partial charge in [-0.05, 0) is 38.8 Å². The third-order valence-electron chi connectivity index (χ3n) is 5.73. The van der Waals surface area contributed by atoms with E-state index in [-0.39, 0.29) is 36.5 Å². The van der Waals surface area contributed by atoms with Gasteiger partial charge in [-0.15, -0.1) is 0 Å². The van der Waals surface area contributed by atoms with E-state index in [9.17, 15) is 27.6 Å². The van der Waals surface area contributed by atoms with E-state index >= 15 is 0 Å². The Balaban J connectivity index is 1.75. The van der Waals surface area contributed by atoms with E-state index in [1.54, 1.807) is 32.0 Å². The fraction of sp³-hybridized carbons (Fsp3) is 0.545. The third kappa shape index (κ3) is 6.25. The molecule has 0 radical (unpaired) electrons. The number of nitrogens with zero attached hydrogens (tertiary/aromatic N) is 2. The molecular weight excluding hydrogens is 462 g/mol.